The molecular formula is C27H36N4O4S2. The SMILES string of the molecule is CCOc1cccc2sc(N(CCN(C)C)C(=O)c3ccc(S(=O)(=O)N(C)C4CCCCC4)cc3)nc12. The molecule has 4 rings (SSSR count). The van der Waals surface area contributed by atoms with Gasteiger partial charge in [-0.3, -0.25) is 9.69 Å². The minimum Gasteiger partial charge on any atom is -0.492 e. The van der Waals surface area contributed by atoms with Gasteiger partial charge in [0.25, 0.3) is 5.91 Å². The Kier molecular flexibility index (Phi) is 8.84. The van der Waals surface area contributed by atoms with Gasteiger partial charge in [-0.05, 0) is 70.3 Å². The van der Waals surface area contributed by atoms with Crippen molar-refractivity contribution in [2.75, 3.05) is 45.7 Å². The average molecular weight is 545 g/mol. The van der Waals surface area contributed by atoms with Gasteiger partial charge in [0.2, 0.25) is 10.0 Å². The summed E-state index contributed by atoms with van der Waals surface area (Å²) in [6, 6.07) is 12.1. The molecule has 0 bridgehead atoms. The number of rotatable bonds is 10. The van der Waals surface area contributed by atoms with Crippen molar-refractivity contribution in [1.82, 2.24) is 14.2 Å². The quantitative estimate of drug-likeness (QED) is 0.363. The number of likely N-dealkylation sites (N-methyl/N-ethyl adjacent to an activating group) is 1. The molecule has 0 N–H and O–H groups in total. The Morgan fingerprint density at radius 3 is 2.38 bits per heavy atom. The highest BCUT2D eigenvalue weighted by atomic mass is 32.2. The molecule has 10 heteroatoms. The molecule has 1 aromatic heterocycles. The zero-order valence-electron chi connectivity index (χ0n) is 22.0. The smallest absolute Gasteiger partial charge is 0.260 e. The van der Waals surface area contributed by atoms with E-state index in [1.54, 1.807) is 24.1 Å². The van der Waals surface area contributed by atoms with Crippen molar-refractivity contribution >= 4 is 42.6 Å². The van der Waals surface area contributed by atoms with Crippen LogP contribution in [-0.4, -0.2) is 75.4 Å². The highest BCUT2D eigenvalue weighted by molar-refractivity contribution is 7.89. The number of anilines is 1. The lowest BCUT2D eigenvalue weighted by molar-refractivity contribution is 0.0985. The van der Waals surface area contributed by atoms with E-state index >= 15 is 0 Å². The zero-order chi connectivity index (χ0) is 26.6. The fourth-order valence-electron chi connectivity index (χ4n) is 4.62. The molecule has 0 atom stereocenters. The maximum Gasteiger partial charge on any atom is 0.260 e. The van der Waals surface area contributed by atoms with Gasteiger partial charge in [0.15, 0.2) is 5.13 Å². The fourth-order valence-corrected chi connectivity index (χ4v) is 7.04. The lowest BCUT2D eigenvalue weighted by atomic mass is 9.96. The van der Waals surface area contributed by atoms with E-state index in [-0.39, 0.29) is 16.8 Å². The van der Waals surface area contributed by atoms with Crippen LogP contribution in [0.3, 0.4) is 0 Å². The van der Waals surface area contributed by atoms with Crippen molar-refractivity contribution in [3.63, 3.8) is 0 Å². The highest BCUT2D eigenvalue weighted by Gasteiger charge is 2.29. The third kappa shape index (κ3) is 6.14. The molecule has 0 unspecified atom stereocenters. The van der Waals surface area contributed by atoms with E-state index in [0.717, 1.165) is 42.3 Å². The number of para-hydroxylation sites is 1. The normalized spacial score (nSPS) is 15.0. The van der Waals surface area contributed by atoms with E-state index in [2.05, 4.69) is 0 Å². The molecule has 1 saturated carbocycles. The second kappa shape index (κ2) is 11.9. The molecule has 0 spiro atoms. The van der Waals surface area contributed by atoms with Crippen LogP contribution >= 0.6 is 11.3 Å². The van der Waals surface area contributed by atoms with Gasteiger partial charge in [-0.2, -0.15) is 4.31 Å². The topological polar surface area (TPSA) is 83.0 Å². The van der Waals surface area contributed by atoms with Crippen LogP contribution in [0.1, 0.15) is 49.4 Å². The fraction of sp³-hybridized carbons (Fsp3) is 0.481. The number of nitrogens with zero attached hydrogens (tertiary/aromatic N) is 4. The molecule has 1 fully saturated rings. The van der Waals surface area contributed by atoms with E-state index in [4.69, 9.17) is 9.72 Å². The number of benzene rings is 2. The Balaban J connectivity index is 1.61. The number of aromatic nitrogens is 1. The Morgan fingerprint density at radius 1 is 1.03 bits per heavy atom. The Labute approximate surface area is 223 Å². The first-order valence-corrected chi connectivity index (χ1v) is 15.0. The van der Waals surface area contributed by atoms with Gasteiger partial charge < -0.3 is 9.64 Å². The van der Waals surface area contributed by atoms with Gasteiger partial charge in [-0.1, -0.05) is 36.7 Å². The largest absolute Gasteiger partial charge is 0.492 e. The standard InChI is InChI=1S/C27H36N4O4S2/c1-5-35-23-12-9-13-24-25(23)28-27(36-24)31(19-18-29(2)3)26(32)20-14-16-22(17-15-20)37(33,34)30(4)21-10-7-6-8-11-21/h9,12-17,21H,5-8,10-11,18-19H2,1-4H3. The lowest BCUT2D eigenvalue weighted by Crippen LogP contribution is -2.38. The molecule has 37 heavy (non-hydrogen) atoms. The maximum atomic E-state index is 13.7. The number of thiazole rings is 1. The summed E-state index contributed by atoms with van der Waals surface area (Å²) in [5.74, 6) is 0.475. The predicted octanol–water partition coefficient (Wildman–Crippen LogP) is 4.86. The van der Waals surface area contributed by atoms with E-state index in [9.17, 15) is 13.2 Å². The number of amides is 1. The molecule has 200 valence electrons. The van der Waals surface area contributed by atoms with Crippen LogP contribution in [-0.2, 0) is 10.0 Å². The van der Waals surface area contributed by atoms with Crippen LogP contribution in [0.4, 0.5) is 5.13 Å². The number of carbonyl (C=O) groups excluding carboxylic acids is 1. The summed E-state index contributed by atoms with van der Waals surface area (Å²) < 4.78 is 34.6. The monoisotopic (exact) mass is 544 g/mol. The number of ether oxygens (including phenoxy) is 1. The molecule has 0 saturated heterocycles. The first-order chi connectivity index (χ1) is 17.7. The van der Waals surface area contributed by atoms with Crippen LogP contribution in [0.2, 0.25) is 0 Å². The van der Waals surface area contributed by atoms with E-state index in [1.807, 2.05) is 44.1 Å². The first kappa shape index (κ1) is 27.5. The lowest BCUT2D eigenvalue weighted by Gasteiger charge is -2.30. The highest BCUT2D eigenvalue weighted by Crippen LogP contribution is 2.35. The van der Waals surface area contributed by atoms with Crippen molar-refractivity contribution in [3.05, 3.63) is 48.0 Å². The van der Waals surface area contributed by atoms with Crippen LogP contribution in [0.5, 0.6) is 5.75 Å². The second-order valence-electron chi connectivity index (χ2n) is 9.63. The number of hydrogen-bond acceptors (Lipinski definition) is 7. The summed E-state index contributed by atoms with van der Waals surface area (Å²) >= 11 is 1.44. The number of sulfonamides is 1. The van der Waals surface area contributed by atoms with Crippen molar-refractivity contribution in [2.24, 2.45) is 0 Å². The first-order valence-electron chi connectivity index (χ1n) is 12.8. The van der Waals surface area contributed by atoms with Crippen LogP contribution < -0.4 is 9.64 Å². The average Bonchev–Trinajstić information content (AvgIpc) is 3.34. The second-order valence-corrected chi connectivity index (χ2v) is 12.6. The third-order valence-corrected chi connectivity index (χ3v) is 9.75. The molecule has 0 radical (unpaired) electrons. The number of hydrogen-bond donors (Lipinski definition) is 0. The minimum atomic E-state index is -3.62. The van der Waals surface area contributed by atoms with E-state index in [1.165, 1.54) is 27.8 Å². The van der Waals surface area contributed by atoms with E-state index in [0.29, 0.717) is 36.1 Å². The van der Waals surface area contributed by atoms with Gasteiger partial charge in [0.05, 0.1) is 16.2 Å². The summed E-state index contributed by atoms with van der Waals surface area (Å²) in [7, 11) is 1.95. The molecule has 1 aliphatic carbocycles. The van der Waals surface area contributed by atoms with Crippen LogP contribution in [0, 0.1) is 0 Å². The maximum absolute atomic E-state index is 13.7. The van der Waals surface area contributed by atoms with Crippen LogP contribution in [0.25, 0.3) is 10.2 Å². The van der Waals surface area contributed by atoms with Crippen molar-refractivity contribution in [3.8, 4) is 5.75 Å². The molecule has 3 aromatic rings. The summed E-state index contributed by atoms with van der Waals surface area (Å²) in [5.41, 5.74) is 1.15. The molecule has 0 aliphatic heterocycles. The molecule has 1 amide bonds. The number of carbonyl (C=O) groups is 1. The van der Waals surface area contributed by atoms with Crippen molar-refractivity contribution in [1.29, 1.82) is 0 Å². The molecule has 1 aliphatic rings. The minimum absolute atomic E-state index is 0.0298. The molecule has 8 nitrogen and oxygen atoms in total. The molecular weight excluding hydrogens is 508 g/mol. The molecule has 1 heterocycles. The summed E-state index contributed by atoms with van der Waals surface area (Å²) in [6.45, 7) is 3.55. The Morgan fingerprint density at radius 2 is 1.73 bits per heavy atom. The number of fused-ring (bicyclic) bond motifs is 1. The summed E-state index contributed by atoms with van der Waals surface area (Å²) in [6.07, 6.45) is 5.05. The van der Waals surface area contributed by atoms with Crippen LogP contribution in [0.15, 0.2) is 47.4 Å². The van der Waals surface area contributed by atoms with E-state index < -0.39 is 10.0 Å². The van der Waals surface area contributed by atoms with Gasteiger partial charge in [0, 0.05) is 31.7 Å². The Hall–Kier alpha value is -2.53. The molecule has 2 aromatic carbocycles. The van der Waals surface area contributed by atoms with Crippen molar-refractivity contribution in [2.45, 2.75) is 50.0 Å². The summed E-state index contributed by atoms with van der Waals surface area (Å²) in [5, 5.41) is 0.586. The van der Waals surface area contributed by atoms with Gasteiger partial charge in [-0.15, -0.1) is 0 Å². The van der Waals surface area contributed by atoms with Gasteiger partial charge >= 0.3 is 0 Å². The van der Waals surface area contributed by atoms with Crippen molar-refractivity contribution < 1.29 is 17.9 Å². The Bertz CT molecular complexity index is 1320. The predicted molar refractivity (Wildman–Crippen MR) is 149 cm³/mol. The third-order valence-electron chi connectivity index (χ3n) is 6.78. The van der Waals surface area contributed by atoms with Gasteiger partial charge in [-0.25, -0.2) is 13.4 Å². The van der Waals surface area contributed by atoms with Gasteiger partial charge in [0.1, 0.15) is 11.3 Å². The summed E-state index contributed by atoms with van der Waals surface area (Å²) in [4.78, 5) is 22.3. The zero-order valence-corrected chi connectivity index (χ0v) is 23.6.